The summed E-state index contributed by atoms with van der Waals surface area (Å²) in [5.41, 5.74) is 0. The number of rotatable bonds is 3. The van der Waals surface area contributed by atoms with Gasteiger partial charge in [0.2, 0.25) is 0 Å². The van der Waals surface area contributed by atoms with Crippen molar-refractivity contribution in [2.24, 2.45) is 0 Å². The maximum atomic E-state index is 5.42. The average Bonchev–Trinajstić information content (AvgIpc) is 2.72. The van der Waals surface area contributed by atoms with Gasteiger partial charge < -0.3 is 9.47 Å². The highest BCUT2D eigenvalue weighted by Gasteiger charge is 2.14. The Kier molecular flexibility index (Phi) is 2.70. The Hall–Kier alpha value is -1.48. The fourth-order valence-corrected chi connectivity index (χ4v) is 1.93. The molecule has 14 heavy (non-hydrogen) atoms. The van der Waals surface area contributed by atoms with Gasteiger partial charge in [0.1, 0.15) is 12.5 Å². The lowest BCUT2D eigenvalue weighted by atomic mass is 10.2. The number of hydrogen-bond donors (Lipinski definition) is 0. The quantitative estimate of drug-likeness (QED) is 0.704. The second-order valence-corrected chi connectivity index (χ2v) is 3.68. The summed E-state index contributed by atoms with van der Waals surface area (Å²) in [6.45, 7) is 3.68. The number of hydrogen-bond acceptors (Lipinski definition) is 3. The van der Waals surface area contributed by atoms with E-state index in [1.807, 2.05) is 17.5 Å². The minimum Gasteiger partial charge on any atom is -0.462 e. The van der Waals surface area contributed by atoms with Gasteiger partial charge in [-0.3, -0.25) is 0 Å². The van der Waals surface area contributed by atoms with Gasteiger partial charge in [0.25, 0.3) is 0 Å². The van der Waals surface area contributed by atoms with Crippen molar-refractivity contribution >= 4 is 17.1 Å². The van der Waals surface area contributed by atoms with Crippen LogP contribution in [0.15, 0.2) is 48.5 Å². The third-order valence-electron chi connectivity index (χ3n) is 1.78. The molecule has 1 aromatic heterocycles. The van der Waals surface area contributed by atoms with E-state index >= 15 is 0 Å². The predicted octanol–water partition coefficient (Wildman–Crippen LogP) is 3.51. The first kappa shape index (κ1) is 9.09. The van der Waals surface area contributed by atoms with Crippen molar-refractivity contribution in [2.75, 3.05) is 0 Å². The molecule has 0 amide bonds. The molecule has 0 bridgehead atoms. The smallest absolute Gasteiger partial charge is 0.182 e. The van der Waals surface area contributed by atoms with Gasteiger partial charge in [0.15, 0.2) is 11.5 Å². The third kappa shape index (κ3) is 1.72. The summed E-state index contributed by atoms with van der Waals surface area (Å²) in [7, 11) is 0. The first-order valence-corrected chi connectivity index (χ1v) is 5.16. The molecule has 1 aliphatic heterocycles. The van der Waals surface area contributed by atoms with Gasteiger partial charge in [0, 0.05) is 6.42 Å². The fourth-order valence-electron chi connectivity index (χ4n) is 1.20. The standard InChI is InChI=1S/C11H10O2S/c1-2-4-9-11(13-7-6-12-9)10-5-3-8-14-10/h2-3,5-8H,1,4H2. The van der Waals surface area contributed by atoms with Crippen LogP contribution in [0.4, 0.5) is 0 Å². The van der Waals surface area contributed by atoms with E-state index < -0.39 is 0 Å². The van der Waals surface area contributed by atoms with Crippen molar-refractivity contribution in [1.82, 2.24) is 0 Å². The van der Waals surface area contributed by atoms with Crippen molar-refractivity contribution in [2.45, 2.75) is 6.42 Å². The van der Waals surface area contributed by atoms with E-state index in [1.54, 1.807) is 23.7 Å². The normalized spacial score (nSPS) is 14.9. The Morgan fingerprint density at radius 2 is 2.21 bits per heavy atom. The molecule has 2 nitrogen and oxygen atoms in total. The van der Waals surface area contributed by atoms with Crippen LogP contribution in [-0.4, -0.2) is 0 Å². The van der Waals surface area contributed by atoms with E-state index in [0.717, 1.165) is 16.4 Å². The summed E-state index contributed by atoms with van der Waals surface area (Å²) in [6, 6.07) is 3.99. The Labute approximate surface area is 86.8 Å². The molecule has 2 rings (SSSR count). The number of thiophene rings is 1. The largest absolute Gasteiger partial charge is 0.462 e. The van der Waals surface area contributed by atoms with E-state index in [4.69, 9.17) is 9.47 Å². The van der Waals surface area contributed by atoms with Gasteiger partial charge in [-0.25, -0.2) is 0 Å². The van der Waals surface area contributed by atoms with Crippen molar-refractivity contribution in [3.63, 3.8) is 0 Å². The van der Waals surface area contributed by atoms with E-state index in [0.29, 0.717) is 6.42 Å². The minimum absolute atomic E-state index is 0.678. The van der Waals surface area contributed by atoms with Gasteiger partial charge in [0.05, 0.1) is 4.88 Å². The molecule has 0 aromatic carbocycles. The first-order valence-electron chi connectivity index (χ1n) is 4.28. The van der Waals surface area contributed by atoms with Crippen LogP contribution in [0.5, 0.6) is 0 Å². The summed E-state index contributed by atoms with van der Waals surface area (Å²) in [6.07, 6.45) is 5.56. The number of ether oxygens (including phenoxy) is 2. The molecule has 0 N–H and O–H groups in total. The second kappa shape index (κ2) is 4.15. The third-order valence-corrected chi connectivity index (χ3v) is 2.65. The zero-order valence-corrected chi connectivity index (χ0v) is 8.42. The maximum Gasteiger partial charge on any atom is 0.182 e. The minimum atomic E-state index is 0.678. The molecule has 72 valence electrons. The topological polar surface area (TPSA) is 18.5 Å². The summed E-state index contributed by atoms with van der Waals surface area (Å²) in [5.74, 6) is 1.60. The van der Waals surface area contributed by atoms with Crippen LogP contribution < -0.4 is 0 Å². The van der Waals surface area contributed by atoms with Crippen LogP contribution in [0.1, 0.15) is 11.3 Å². The van der Waals surface area contributed by atoms with Crippen LogP contribution >= 0.6 is 11.3 Å². The molecule has 2 heterocycles. The van der Waals surface area contributed by atoms with E-state index in [1.165, 1.54) is 6.26 Å². The lowest BCUT2D eigenvalue weighted by molar-refractivity contribution is 0.272. The number of allylic oxidation sites excluding steroid dienone is 1. The molecule has 0 saturated carbocycles. The molecular weight excluding hydrogens is 196 g/mol. The monoisotopic (exact) mass is 206 g/mol. The Morgan fingerprint density at radius 3 is 2.93 bits per heavy atom. The maximum absolute atomic E-state index is 5.42. The Bertz CT molecular complexity index is 370. The summed E-state index contributed by atoms with van der Waals surface area (Å²) in [5, 5.41) is 2.01. The lowest BCUT2D eigenvalue weighted by Gasteiger charge is -2.14. The van der Waals surface area contributed by atoms with Crippen LogP contribution in [0.25, 0.3) is 5.76 Å². The highest BCUT2D eigenvalue weighted by molar-refractivity contribution is 7.11. The fraction of sp³-hybridized carbons (Fsp3) is 0.0909. The zero-order valence-electron chi connectivity index (χ0n) is 7.60. The van der Waals surface area contributed by atoms with Gasteiger partial charge in [-0.1, -0.05) is 12.1 Å². The molecule has 0 radical (unpaired) electrons. The van der Waals surface area contributed by atoms with E-state index in [2.05, 4.69) is 6.58 Å². The molecule has 0 spiro atoms. The van der Waals surface area contributed by atoms with Crippen molar-refractivity contribution in [1.29, 1.82) is 0 Å². The van der Waals surface area contributed by atoms with Gasteiger partial charge in [-0.05, 0) is 11.4 Å². The van der Waals surface area contributed by atoms with Crippen LogP contribution in [-0.2, 0) is 9.47 Å². The van der Waals surface area contributed by atoms with Gasteiger partial charge >= 0.3 is 0 Å². The van der Waals surface area contributed by atoms with Crippen molar-refractivity contribution in [3.8, 4) is 0 Å². The van der Waals surface area contributed by atoms with Gasteiger partial charge in [-0.2, -0.15) is 0 Å². The molecule has 1 aromatic rings. The first-order chi connectivity index (χ1) is 6.92. The molecule has 0 saturated heterocycles. The average molecular weight is 206 g/mol. The predicted molar refractivity (Wildman–Crippen MR) is 57.4 cm³/mol. The van der Waals surface area contributed by atoms with Crippen LogP contribution in [0.2, 0.25) is 0 Å². The molecule has 3 heteroatoms. The van der Waals surface area contributed by atoms with Crippen LogP contribution in [0.3, 0.4) is 0 Å². The summed E-state index contributed by atoms with van der Waals surface area (Å²) >= 11 is 1.63. The SMILES string of the molecule is C=CCC1=C(c2cccs2)OC=CO1. The Morgan fingerprint density at radius 1 is 1.36 bits per heavy atom. The highest BCUT2D eigenvalue weighted by atomic mass is 32.1. The van der Waals surface area contributed by atoms with Crippen molar-refractivity contribution in [3.05, 3.63) is 53.3 Å². The Balaban J connectivity index is 2.32. The molecule has 0 atom stereocenters. The van der Waals surface area contributed by atoms with E-state index in [-0.39, 0.29) is 0 Å². The lowest BCUT2D eigenvalue weighted by Crippen LogP contribution is -1.98. The molecule has 0 aliphatic carbocycles. The second-order valence-electron chi connectivity index (χ2n) is 2.73. The zero-order chi connectivity index (χ0) is 9.80. The van der Waals surface area contributed by atoms with E-state index in [9.17, 15) is 0 Å². The molecule has 0 fully saturated rings. The summed E-state index contributed by atoms with van der Waals surface area (Å²) in [4.78, 5) is 1.08. The molecule has 0 unspecified atom stereocenters. The van der Waals surface area contributed by atoms with Crippen molar-refractivity contribution < 1.29 is 9.47 Å². The van der Waals surface area contributed by atoms with Gasteiger partial charge in [-0.15, -0.1) is 17.9 Å². The highest BCUT2D eigenvalue weighted by Crippen LogP contribution is 2.29. The molecular formula is C11H10O2S. The summed E-state index contributed by atoms with van der Waals surface area (Å²) < 4.78 is 10.8. The molecule has 1 aliphatic rings. The van der Waals surface area contributed by atoms with Crippen LogP contribution in [0, 0.1) is 0 Å².